The summed E-state index contributed by atoms with van der Waals surface area (Å²) in [7, 11) is 0. The summed E-state index contributed by atoms with van der Waals surface area (Å²) in [6.45, 7) is 2.18. The number of carbonyl (C=O) groups excluding carboxylic acids is 1. The molecule has 0 unspecified atom stereocenters. The second-order valence-electron chi connectivity index (χ2n) is 4.54. The molecule has 0 heterocycles. The van der Waals surface area contributed by atoms with E-state index < -0.39 is 11.9 Å². The molecule has 118 valence electrons. The molecular weight excluding hydrogens is 362 g/mol. The number of amides is 1. The van der Waals surface area contributed by atoms with Gasteiger partial charge in [-0.1, -0.05) is 15.9 Å². The van der Waals surface area contributed by atoms with E-state index in [1.54, 1.807) is 19.1 Å². The molecule has 0 fully saturated rings. The highest BCUT2D eigenvalue weighted by atomic mass is 79.9. The van der Waals surface area contributed by atoms with Crippen molar-refractivity contribution < 1.29 is 19.4 Å². The summed E-state index contributed by atoms with van der Waals surface area (Å²) in [5.74, 6) is -1.31. The third-order valence-electron chi connectivity index (χ3n) is 2.95. The molecule has 0 saturated heterocycles. The standard InChI is InChI=1S/C17H14BrNO4/c1-2-23-16(12-7-9-14(18)10-8-12)19-15(20)11-3-5-13(6-4-11)17(21)22/h3-10H,2H2,1H3,(H,21,22). The van der Waals surface area contributed by atoms with Crippen LogP contribution in [0.15, 0.2) is 58.0 Å². The monoisotopic (exact) mass is 375 g/mol. The number of benzene rings is 2. The van der Waals surface area contributed by atoms with Gasteiger partial charge < -0.3 is 9.84 Å². The van der Waals surface area contributed by atoms with Gasteiger partial charge in [0.25, 0.3) is 5.91 Å². The molecule has 0 radical (unpaired) electrons. The van der Waals surface area contributed by atoms with Crippen LogP contribution in [0.4, 0.5) is 0 Å². The number of carboxylic acid groups (broad SMARTS) is 1. The van der Waals surface area contributed by atoms with Crippen molar-refractivity contribution >= 4 is 33.7 Å². The number of hydrogen-bond acceptors (Lipinski definition) is 3. The van der Waals surface area contributed by atoms with Crippen molar-refractivity contribution in [3.8, 4) is 0 Å². The third kappa shape index (κ3) is 4.50. The molecule has 2 aromatic carbocycles. The van der Waals surface area contributed by atoms with E-state index in [2.05, 4.69) is 20.9 Å². The zero-order valence-electron chi connectivity index (χ0n) is 12.3. The largest absolute Gasteiger partial charge is 0.478 e. The lowest BCUT2D eigenvalue weighted by Crippen LogP contribution is -2.10. The number of aliphatic imine (C=N–C) groups is 1. The normalized spacial score (nSPS) is 11.1. The first kappa shape index (κ1) is 16.9. The van der Waals surface area contributed by atoms with Crippen molar-refractivity contribution in [2.45, 2.75) is 6.92 Å². The fraction of sp³-hybridized carbons (Fsp3) is 0.118. The van der Waals surface area contributed by atoms with Gasteiger partial charge in [-0.2, -0.15) is 4.99 Å². The fourth-order valence-electron chi connectivity index (χ4n) is 1.82. The van der Waals surface area contributed by atoms with Crippen molar-refractivity contribution in [2.24, 2.45) is 4.99 Å². The van der Waals surface area contributed by atoms with Crippen LogP contribution >= 0.6 is 15.9 Å². The van der Waals surface area contributed by atoms with E-state index in [-0.39, 0.29) is 11.5 Å². The Morgan fingerprint density at radius 1 is 1.00 bits per heavy atom. The molecule has 0 spiro atoms. The lowest BCUT2D eigenvalue weighted by molar-refractivity contribution is 0.0696. The first-order chi connectivity index (χ1) is 11.0. The Balaban J connectivity index is 2.29. The van der Waals surface area contributed by atoms with Gasteiger partial charge in [0, 0.05) is 15.6 Å². The summed E-state index contributed by atoms with van der Waals surface area (Å²) in [6.07, 6.45) is 0. The number of halogens is 1. The smallest absolute Gasteiger partial charge is 0.335 e. The van der Waals surface area contributed by atoms with Crippen LogP contribution in [-0.4, -0.2) is 29.5 Å². The minimum Gasteiger partial charge on any atom is -0.478 e. The molecule has 0 saturated carbocycles. The topological polar surface area (TPSA) is 76.0 Å². The number of carbonyl (C=O) groups is 2. The molecule has 1 N–H and O–H groups in total. The Morgan fingerprint density at radius 2 is 1.52 bits per heavy atom. The SMILES string of the molecule is CCOC(=NC(=O)c1ccc(C(=O)O)cc1)c1ccc(Br)cc1. The highest BCUT2D eigenvalue weighted by Gasteiger charge is 2.11. The molecule has 23 heavy (non-hydrogen) atoms. The number of carboxylic acids is 1. The Bertz CT molecular complexity index is 736. The average molecular weight is 376 g/mol. The van der Waals surface area contributed by atoms with Crippen molar-refractivity contribution in [2.75, 3.05) is 6.61 Å². The fourth-order valence-corrected chi connectivity index (χ4v) is 2.09. The van der Waals surface area contributed by atoms with E-state index in [1.807, 2.05) is 12.1 Å². The second-order valence-corrected chi connectivity index (χ2v) is 5.46. The lowest BCUT2D eigenvalue weighted by atomic mass is 10.1. The van der Waals surface area contributed by atoms with Crippen LogP contribution in [0.25, 0.3) is 0 Å². The van der Waals surface area contributed by atoms with Crippen LogP contribution in [0.3, 0.4) is 0 Å². The number of ether oxygens (including phenoxy) is 1. The summed E-state index contributed by atoms with van der Waals surface area (Å²) in [5, 5.41) is 8.86. The quantitative estimate of drug-likeness (QED) is 0.651. The maximum absolute atomic E-state index is 12.2. The van der Waals surface area contributed by atoms with E-state index in [0.29, 0.717) is 17.7 Å². The summed E-state index contributed by atoms with van der Waals surface area (Å²) in [6, 6.07) is 12.8. The molecule has 0 atom stereocenters. The predicted octanol–water partition coefficient (Wildman–Crippen LogP) is 3.77. The first-order valence-electron chi connectivity index (χ1n) is 6.86. The molecule has 2 rings (SSSR count). The van der Waals surface area contributed by atoms with Gasteiger partial charge in [-0.05, 0) is 55.5 Å². The molecule has 0 aliphatic carbocycles. The van der Waals surface area contributed by atoms with Gasteiger partial charge in [-0.25, -0.2) is 4.79 Å². The van der Waals surface area contributed by atoms with E-state index in [0.717, 1.165) is 4.47 Å². The minimum absolute atomic E-state index is 0.114. The van der Waals surface area contributed by atoms with E-state index in [1.165, 1.54) is 24.3 Å². The molecule has 0 aromatic heterocycles. The summed E-state index contributed by atoms with van der Waals surface area (Å²) in [4.78, 5) is 27.1. The van der Waals surface area contributed by atoms with Gasteiger partial charge in [0.05, 0.1) is 12.2 Å². The zero-order chi connectivity index (χ0) is 16.8. The molecule has 2 aromatic rings. The van der Waals surface area contributed by atoms with Crippen molar-refractivity contribution in [3.05, 3.63) is 69.7 Å². The van der Waals surface area contributed by atoms with E-state index in [9.17, 15) is 9.59 Å². The maximum Gasteiger partial charge on any atom is 0.335 e. The molecule has 5 nitrogen and oxygen atoms in total. The molecule has 0 aliphatic heterocycles. The molecule has 0 aliphatic rings. The van der Waals surface area contributed by atoms with Crippen LogP contribution in [-0.2, 0) is 4.74 Å². The predicted molar refractivity (Wildman–Crippen MR) is 90.0 cm³/mol. The third-order valence-corrected chi connectivity index (χ3v) is 3.48. The highest BCUT2D eigenvalue weighted by Crippen LogP contribution is 2.13. The van der Waals surface area contributed by atoms with Gasteiger partial charge >= 0.3 is 5.97 Å². The highest BCUT2D eigenvalue weighted by molar-refractivity contribution is 9.10. The molecule has 6 heteroatoms. The Morgan fingerprint density at radius 3 is 2.04 bits per heavy atom. The average Bonchev–Trinajstić information content (AvgIpc) is 2.55. The van der Waals surface area contributed by atoms with Gasteiger partial charge in [0.2, 0.25) is 5.90 Å². The maximum atomic E-state index is 12.2. The molecule has 0 bridgehead atoms. The van der Waals surface area contributed by atoms with Crippen molar-refractivity contribution in [1.29, 1.82) is 0 Å². The Kier molecular flexibility index (Phi) is 5.65. The number of hydrogen-bond donors (Lipinski definition) is 1. The van der Waals surface area contributed by atoms with Crippen molar-refractivity contribution in [1.82, 2.24) is 0 Å². The van der Waals surface area contributed by atoms with Crippen LogP contribution in [0.1, 0.15) is 33.2 Å². The van der Waals surface area contributed by atoms with Gasteiger partial charge in [-0.15, -0.1) is 0 Å². The van der Waals surface area contributed by atoms with Crippen molar-refractivity contribution in [3.63, 3.8) is 0 Å². The lowest BCUT2D eigenvalue weighted by Gasteiger charge is -2.07. The molecular formula is C17H14BrNO4. The summed E-state index contributed by atoms with van der Waals surface area (Å²) < 4.78 is 6.35. The molecule has 1 amide bonds. The zero-order valence-corrected chi connectivity index (χ0v) is 13.9. The number of nitrogens with zero attached hydrogens (tertiary/aromatic N) is 1. The Hall–Kier alpha value is -2.47. The second kappa shape index (κ2) is 7.69. The minimum atomic E-state index is -1.04. The van der Waals surface area contributed by atoms with E-state index >= 15 is 0 Å². The van der Waals surface area contributed by atoms with Crippen LogP contribution in [0, 0.1) is 0 Å². The summed E-state index contributed by atoms with van der Waals surface area (Å²) >= 11 is 3.34. The first-order valence-corrected chi connectivity index (χ1v) is 7.65. The van der Waals surface area contributed by atoms with Crippen LogP contribution in [0.2, 0.25) is 0 Å². The van der Waals surface area contributed by atoms with Gasteiger partial charge in [0.1, 0.15) is 0 Å². The van der Waals surface area contributed by atoms with E-state index in [4.69, 9.17) is 9.84 Å². The van der Waals surface area contributed by atoms with Gasteiger partial charge in [-0.3, -0.25) is 4.79 Å². The van der Waals surface area contributed by atoms with Crippen LogP contribution < -0.4 is 0 Å². The van der Waals surface area contributed by atoms with Gasteiger partial charge in [0.15, 0.2) is 0 Å². The number of aromatic carboxylic acids is 1. The summed E-state index contributed by atoms with van der Waals surface area (Å²) in [5.41, 5.74) is 1.10. The number of rotatable bonds is 4. The Labute approximate surface area is 141 Å². The van der Waals surface area contributed by atoms with Crippen LogP contribution in [0.5, 0.6) is 0 Å².